The number of hydrogen-bond acceptors (Lipinski definition) is 0. The number of nitrogens with zero attached hydrogens (tertiary/aromatic N) is 4. The van der Waals surface area contributed by atoms with E-state index in [2.05, 4.69) is 187 Å². The predicted octanol–water partition coefficient (Wildman–Crippen LogP) is 10.7. The monoisotopic (exact) mass is 640 g/mol. The summed E-state index contributed by atoms with van der Waals surface area (Å²) >= 11 is 0. The molecule has 49 heavy (non-hydrogen) atoms. The first-order chi connectivity index (χ1) is 24.3. The Morgan fingerprint density at radius 1 is 0.265 bits per heavy atom. The van der Waals surface area contributed by atoms with Gasteiger partial charge < -0.3 is 16.9 Å². The molecule has 0 saturated heterocycles. The van der Waals surface area contributed by atoms with Crippen molar-refractivity contribution in [3.8, 4) is 45.0 Å². The van der Waals surface area contributed by atoms with Gasteiger partial charge in [-0.2, -0.15) is 0 Å². The topological polar surface area (TPSA) is 19.7 Å². The molecule has 6 aromatic carbocycles. The van der Waals surface area contributed by atoms with Gasteiger partial charge in [0.15, 0.2) is 0 Å². The van der Waals surface area contributed by atoms with Crippen LogP contribution in [0.3, 0.4) is 0 Å². The molecule has 0 bridgehead atoms. The van der Waals surface area contributed by atoms with Crippen molar-refractivity contribution in [1.82, 2.24) is 16.9 Å². The third-order valence-electron chi connectivity index (χ3n) is 10.9. The first-order valence-corrected chi connectivity index (χ1v) is 18.7. The maximum Gasteiger partial charge on any atom is 0.522 e. The summed E-state index contributed by atoms with van der Waals surface area (Å²) < 4.78 is 11.2. The van der Waals surface area contributed by atoms with Crippen molar-refractivity contribution in [2.75, 3.05) is 0 Å². The van der Waals surface area contributed by atoms with E-state index in [4.69, 9.17) is 0 Å². The van der Waals surface area contributed by atoms with Gasteiger partial charge in [0.1, 0.15) is 0 Å². The van der Waals surface area contributed by atoms with E-state index in [0.717, 1.165) is 0 Å². The SMILES string of the molecule is c1ccc(-c2cc3ccc4cc(-c5ccccc5)n5c4c3n2[Si]52n3c(-c4ccccc4)cc4ccc5cc(-c6ccccc6)n2c5c43)cc1. The van der Waals surface area contributed by atoms with Crippen molar-refractivity contribution in [1.29, 1.82) is 0 Å². The Morgan fingerprint density at radius 3 is 0.714 bits per heavy atom. The Hall–Kier alpha value is -6.30. The molecule has 0 unspecified atom stereocenters. The zero-order valence-corrected chi connectivity index (χ0v) is 27.5. The van der Waals surface area contributed by atoms with Crippen LogP contribution in [0.25, 0.3) is 88.6 Å². The van der Waals surface area contributed by atoms with Crippen LogP contribution in [0.4, 0.5) is 0 Å². The molecule has 1 spiro atoms. The van der Waals surface area contributed by atoms with E-state index < -0.39 is 8.72 Å². The van der Waals surface area contributed by atoms with Gasteiger partial charge in [0.2, 0.25) is 0 Å². The number of hydrogen-bond donors (Lipinski definition) is 0. The maximum absolute atomic E-state index is 3.31. The van der Waals surface area contributed by atoms with Gasteiger partial charge in [-0.1, -0.05) is 146 Å². The Labute approximate surface area is 283 Å². The third kappa shape index (κ3) is 3.01. The van der Waals surface area contributed by atoms with Gasteiger partial charge in [0.25, 0.3) is 0 Å². The van der Waals surface area contributed by atoms with E-state index in [1.807, 2.05) is 0 Å². The zero-order valence-electron chi connectivity index (χ0n) is 26.5. The quantitative estimate of drug-likeness (QED) is 0.171. The van der Waals surface area contributed by atoms with E-state index in [1.165, 1.54) is 88.6 Å². The van der Waals surface area contributed by atoms with Gasteiger partial charge in [0.05, 0.1) is 22.1 Å². The number of aromatic nitrogens is 4. The Bertz CT molecular complexity index is 2550. The summed E-state index contributed by atoms with van der Waals surface area (Å²) in [5, 5.41) is 5.11. The average molecular weight is 641 g/mol. The van der Waals surface area contributed by atoms with Crippen LogP contribution in [0.2, 0.25) is 0 Å². The molecule has 0 aliphatic carbocycles. The van der Waals surface area contributed by atoms with Crippen LogP contribution >= 0.6 is 0 Å². The second-order valence-electron chi connectivity index (χ2n) is 13.4. The van der Waals surface area contributed by atoms with E-state index in [0.29, 0.717) is 0 Å². The fourth-order valence-electron chi connectivity index (χ4n) is 9.09. The Morgan fingerprint density at radius 2 is 0.490 bits per heavy atom. The van der Waals surface area contributed by atoms with Crippen molar-refractivity contribution >= 4 is 52.3 Å². The molecule has 0 amide bonds. The molecular formula is C44H28N4Si. The minimum atomic E-state index is -3.31. The largest absolute Gasteiger partial charge is 0.522 e. The lowest BCUT2D eigenvalue weighted by atomic mass is 10.1. The highest BCUT2D eigenvalue weighted by Gasteiger charge is 2.59. The van der Waals surface area contributed by atoms with Gasteiger partial charge in [-0.05, 0) is 46.5 Å². The van der Waals surface area contributed by atoms with Crippen LogP contribution in [0.5, 0.6) is 0 Å². The first-order valence-electron chi connectivity index (χ1n) is 17.0. The second kappa shape index (κ2) is 8.98. The molecule has 10 aromatic rings. The average Bonchev–Trinajstić information content (AvgIpc) is 4.00. The highest BCUT2D eigenvalue weighted by molar-refractivity contribution is 6.82. The summed E-state index contributed by atoms with van der Waals surface area (Å²) in [7, 11) is -3.31. The van der Waals surface area contributed by atoms with E-state index >= 15 is 0 Å². The summed E-state index contributed by atoms with van der Waals surface area (Å²) in [6.45, 7) is 0. The van der Waals surface area contributed by atoms with Crippen LogP contribution < -0.4 is 0 Å². The smallest absolute Gasteiger partial charge is 0.312 e. The molecule has 0 fully saturated rings. The van der Waals surface area contributed by atoms with Gasteiger partial charge in [-0.15, -0.1) is 0 Å². The number of benzene rings is 6. The standard InChI is InChI=1S/C44H28N4Si/c1-5-13-29(14-6-1)37-25-33-21-22-34-26-38(30-15-7-2-8-16-30)46-42(34)41(33)45(37)49(46)47-39(31-17-9-3-10-18-31)27-35-23-24-36-28-40(32-19-11-4-12-20-32)48(49)44(36)43(35)47/h1-28H. The minimum absolute atomic E-state index is 1.23. The zero-order chi connectivity index (χ0) is 31.8. The van der Waals surface area contributed by atoms with Crippen LogP contribution in [0.15, 0.2) is 170 Å². The number of rotatable bonds is 4. The lowest BCUT2D eigenvalue weighted by Gasteiger charge is -2.35. The van der Waals surface area contributed by atoms with Crippen LogP contribution in [-0.4, -0.2) is 25.7 Å². The van der Waals surface area contributed by atoms with Crippen molar-refractivity contribution in [2.24, 2.45) is 0 Å². The van der Waals surface area contributed by atoms with Crippen molar-refractivity contribution in [2.45, 2.75) is 0 Å². The van der Waals surface area contributed by atoms with Crippen molar-refractivity contribution < 1.29 is 0 Å². The summed E-state index contributed by atoms with van der Waals surface area (Å²) in [5.74, 6) is 0. The summed E-state index contributed by atoms with van der Waals surface area (Å²) in [6.07, 6.45) is 0. The summed E-state index contributed by atoms with van der Waals surface area (Å²) in [6, 6.07) is 63.1. The number of fused-ring (bicyclic) bond motifs is 4. The highest BCUT2D eigenvalue weighted by Crippen LogP contribution is 2.53. The normalized spacial score (nSPS) is 13.9. The molecule has 228 valence electrons. The molecule has 12 rings (SSSR count). The second-order valence-corrected chi connectivity index (χ2v) is 16.4. The van der Waals surface area contributed by atoms with Crippen molar-refractivity contribution in [3.63, 3.8) is 0 Å². The highest BCUT2D eigenvalue weighted by atomic mass is 28.4. The minimum Gasteiger partial charge on any atom is -0.312 e. The van der Waals surface area contributed by atoms with E-state index in [-0.39, 0.29) is 0 Å². The molecule has 0 atom stereocenters. The Kier molecular flexibility index (Phi) is 4.72. The predicted molar refractivity (Wildman–Crippen MR) is 204 cm³/mol. The summed E-state index contributed by atoms with van der Waals surface area (Å²) in [4.78, 5) is 0. The fraction of sp³-hybridized carbons (Fsp3) is 0. The van der Waals surface area contributed by atoms with E-state index in [1.54, 1.807) is 0 Å². The van der Waals surface area contributed by atoms with Gasteiger partial charge >= 0.3 is 8.72 Å². The van der Waals surface area contributed by atoms with Crippen LogP contribution in [0.1, 0.15) is 0 Å². The summed E-state index contributed by atoms with van der Waals surface area (Å²) in [5.41, 5.74) is 15.2. The third-order valence-corrected chi connectivity index (χ3v) is 15.2. The van der Waals surface area contributed by atoms with Crippen LogP contribution in [-0.2, 0) is 0 Å². The molecule has 6 heterocycles. The van der Waals surface area contributed by atoms with Gasteiger partial charge in [-0.25, -0.2) is 0 Å². The lowest BCUT2D eigenvalue weighted by Crippen LogP contribution is -2.60. The van der Waals surface area contributed by atoms with Gasteiger partial charge in [0, 0.05) is 44.3 Å². The fourth-order valence-corrected chi connectivity index (χ4v) is 14.5. The molecular weight excluding hydrogens is 613 g/mol. The van der Waals surface area contributed by atoms with Gasteiger partial charge in [-0.3, -0.25) is 0 Å². The molecule has 4 aromatic heterocycles. The van der Waals surface area contributed by atoms with E-state index in [9.17, 15) is 0 Å². The maximum atomic E-state index is 2.80. The molecule has 4 nitrogen and oxygen atoms in total. The molecule has 5 heteroatoms. The van der Waals surface area contributed by atoms with Crippen molar-refractivity contribution in [3.05, 3.63) is 170 Å². The Balaban J connectivity index is 1.37. The molecule has 0 radical (unpaired) electrons. The van der Waals surface area contributed by atoms with Crippen LogP contribution in [0, 0.1) is 0 Å². The molecule has 0 N–H and O–H groups in total. The molecule has 2 aliphatic heterocycles. The molecule has 2 aliphatic rings. The first kappa shape index (κ1) is 25.7. The lowest BCUT2D eigenvalue weighted by molar-refractivity contribution is 0.925. The molecule has 0 saturated carbocycles.